The summed E-state index contributed by atoms with van der Waals surface area (Å²) in [4.78, 5) is 28.3. The molecule has 1 aromatic carbocycles. The van der Waals surface area contributed by atoms with E-state index in [1.54, 1.807) is 12.1 Å². The standard InChI is InChI=1S/C15H27O3P/c1-2-3-4-5-6-7-8-11-14-12-9-10-13-15(14)19(16,17)18/h9-10,12-13,16-19H,2-8,11H2,1H3. The van der Waals surface area contributed by atoms with Gasteiger partial charge in [-0.3, -0.25) is 0 Å². The van der Waals surface area contributed by atoms with Crippen molar-refractivity contribution in [3.05, 3.63) is 29.8 Å². The van der Waals surface area contributed by atoms with Crippen molar-refractivity contribution in [1.82, 2.24) is 0 Å². The van der Waals surface area contributed by atoms with Gasteiger partial charge in [-0.25, -0.2) is 0 Å². The van der Waals surface area contributed by atoms with Crippen LogP contribution in [0.5, 0.6) is 0 Å². The zero-order chi connectivity index (χ0) is 14.1. The van der Waals surface area contributed by atoms with Gasteiger partial charge in [-0.2, -0.15) is 0 Å². The number of benzene rings is 1. The Bertz CT molecular complexity index is 361. The molecule has 0 saturated carbocycles. The van der Waals surface area contributed by atoms with Crippen molar-refractivity contribution >= 4 is 13.2 Å². The van der Waals surface area contributed by atoms with Crippen LogP contribution in [0.1, 0.15) is 57.4 Å². The summed E-state index contributed by atoms with van der Waals surface area (Å²) in [6.07, 6.45) is 9.42. The molecule has 4 heteroatoms. The predicted molar refractivity (Wildman–Crippen MR) is 82.7 cm³/mol. The predicted octanol–water partition coefficient (Wildman–Crippen LogP) is 3.08. The number of hydrogen-bond donors (Lipinski definition) is 3. The third-order valence-electron chi connectivity index (χ3n) is 3.43. The summed E-state index contributed by atoms with van der Waals surface area (Å²) in [7, 11) is -4.16. The molecule has 0 aliphatic rings. The van der Waals surface area contributed by atoms with Crippen molar-refractivity contribution in [2.24, 2.45) is 0 Å². The Morgan fingerprint density at radius 3 is 2.05 bits per heavy atom. The molecule has 1 aromatic rings. The number of rotatable bonds is 9. The van der Waals surface area contributed by atoms with Crippen molar-refractivity contribution in [3.8, 4) is 0 Å². The van der Waals surface area contributed by atoms with Crippen LogP contribution < -0.4 is 5.30 Å². The molecular formula is C15H27O3P. The third-order valence-corrected chi connectivity index (χ3v) is 4.64. The summed E-state index contributed by atoms with van der Waals surface area (Å²) >= 11 is 0. The van der Waals surface area contributed by atoms with Crippen LogP contribution in [-0.4, -0.2) is 14.7 Å². The fourth-order valence-corrected chi connectivity index (χ4v) is 3.30. The van der Waals surface area contributed by atoms with E-state index in [1.165, 1.54) is 32.1 Å². The Balaban J connectivity index is 2.33. The maximum atomic E-state index is 9.42. The molecule has 0 spiro atoms. The second-order valence-electron chi connectivity index (χ2n) is 5.16. The third kappa shape index (κ3) is 6.49. The molecule has 0 fully saturated rings. The fraction of sp³-hybridized carbons (Fsp3) is 0.600. The van der Waals surface area contributed by atoms with Gasteiger partial charge in [0.2, 0.25) is 0 Å². The van der Waals surface area contributed by atoms with Crippen LogP contribution in [0.4, 0.5) is 0 Å². The molecule has 0 radical (unpaired) electrons. The normalized spacial score (nSPS) is 12.6. The van der Waals surface area contributed by atoms with E-state index < -0.39 is 7.94 Å². The number of unbranched alkanes of at least 4 members (excludes halogenated alkanes) is 6. The Hall–Kier alpha value is -0.470. The zero-order valence-corrected chi connectivity index (χ0v) is 12.8. The van der Waals surface area contributed by atoms with Gasteiger partial charge < -0.3 is 0 Å². The molecule has 0 amide bonds. The van der Waals surface area contributed by atoms with E-state index in [0.29, 0.717) is 5.30 Å². The molecule has 0 bridgehead atoms. The van der Waals surface area contributed by atoms with Crippen LogP contribution in [-0.2, 0) is 6.42 Å². The molecule has 0 aliphatic carbocycles. The van der Waals surface area contributed by atoms with Crippen LogP contribution in [0.3, 0.4) is 0 Å². The van der Waals surface area contributed by atoms with Crippen molar-refractivity contribution in [3.63, 3.8) is 0 Å². The molecule has 3 N–H and O–H groups in total. The van der Waals surface area contributed by atoms with Crippen LogP contribution in [0.15, 0.2) is 24.3 Å². The molecule has 0 atom stereocenters. The van der Waals surface area contributed by atoms with Crippen LogP contribution >= 0.6 is 7.94 Å². The summed E-state index contributed by atoms with van der Waals surface area (Å²) in [6.45, 7) is 2.21. The molecule has 0 unspecified atom stereocenters. The van der Waals surface area contributed by atoms with E-state index in [0.717, 1.165) is 24.8 Å². The minimum absolute atomic E-state index is 0.334. The average Bonchev–Trinajstić information content (AvgIpc) is 2.37. The topological polar surface area (TPSA) is 60.7 Å². The van der Waals surface area contributed by atoms with Gasteiger partial charge in [-0.05, 0) is 0 Å². The summed E-state index contributed by atoms with van der Waals surface area (Å²) < 4.78 is 0. The van der Waals surface area contributed by atoms with Gasteiger partial charge in [0, 0.05) is 0 Å². The molecule has 0 heterocycles. The summed E-state index contributed by atoms with van der Waals surface area (Å²) in [6, 6.07) is 7.09. The molecule has 110 valence electrons. The van der Waals surface area contributed by atoms with E-state index >= 15 is 0 Å². The van der Waals surface area contributed by atoms with Crippen LogP contribution in [0.25, 0.3) is 0 Å². The summed E-state index contributed by atoms with van der Waals surface area (Å²) in [5.41, 5.74) is 0.871. The fourth-order valence-electron chi connectivity index (χ4n) is 2.34. The first-order valence-electron chi connectivity index (χ1n) is 7.31. The molecule has 0 saturated heterocycles. The first kappa shape index (κ1) is 16.6. The Kier molecular flexibility index (Phi) is 7.55. The van der Waals surface area contributed by atoms with Crippen LogP contribution in [0.2, 0.25) is 0 Å². The number of hydrogen-bond acceptors (Lipinski definition) is 3. The van der Waals surface area contributed by atoms with Gasteiger partial charge >= 0.3 is 116 Å². The van der Waals surface area contributed by atoms with Crippen molar-refractivity contribution in [2.45, 2.75) is 58.3 Å². The average molecular weight is 286 g/mol. The van der Waals surface area contributed by atoms with Gasteiger partial charge in [0.25, 0.3) is 0 Å². The van der Waals surface area contributed by atoms with Gasteiger partial charge in [-0.15, -0.1) is 0 Å². The van der Waals surface area contributed by atoms with Crippen molar-refractivity contribution in [1.29, 1.82) is 0 Å². The SMILES string of the molecule is CCCCCCCCCc1ccccc1[PH](O)(O)O. The molecule has 1 rings (SSSR count). The molecule has 0 aliphatic heterocycles. The quantitative estimate of drug-likeness (QED) is 0.483. The van der Waals surface area contributed by atoms with E-state index in [-0.39, 0.29) is 0 Å². The Morgan fingerprint density at radius 1 is 0.842 bits per heavy atom. The van der Waals surface area contributed by atoms with E-state index in [1.807, 2.05) is 12.1 Å². The number of aryl methyl sites for hydroxylation is 1. The molecule has 0 aromatic heterocycles. The van der Waals surface area contributed by atoms with Gasteiger partial charge in [0.15, 0.2) is 0 Å². The first-order chi connectivity index (χ1) is 9.05. The molecular weight excluding hydrogens is 259 g/mol. The Morgan fingerprint density at radius 2 is 1.42 bits per heavy atom. The maximum absolute atomic E-state index is 9.42. The van der Waals surface area contributed by atoms with Gasteiger partial charge in [0.05, 0.1) is 0 Å². The van der Waals surface area contributed by atoms with Crippen molar-refractivity contribution in [2.75, 3.05) is 0 Å². The van der Waals surface area contributed by atoms with E-state index in [9.17, 15) is 14.7 Å². The van der Waals surface area contributed by atoms with E-state index in [4.69, 9.17) is 0 Å². The second-order valence-corrected chi connectivity index (χ2v) is 6.97. The minimum atomic E-state index is -4.16. The first-order valence-corrected chi connectivity index (χ1v) is 9.15. The Labute approximate surface area is 116 Å². The zero-order valence-electron chi connectivity index (χ0n) is 11.8. The summed E-state index contributed by atoms with van der Waals surface area (Å²) in [5.74, 6) is 0. The molecule has 19 heavy (non-hydrogen) atoms. The van der Waals surface area contributed by atoms with Gasteiger partial charge in [-0.1, -0.05) is 0 Å². The monoisotopic (exact) mass is 286 g/mol. The van der Waals surface area contributed by atoms with E-state index in [2.05, 4.69) is 6.92 Å². The summed E-state index contributed by atoms with van der Waals surface area (Å²) in [5, 5.41) is 0.334. The van der Waals surface area contributed by atoms with Crippen molar-refractivity contribution < 1.29 is 14.7 Å². The van der Waals surface area contributed by atoms with Crippen LogP contribution in [0, 0.1) is 0 Å². The molecule has 3 nitrogen and oxygen atoms in total. The second kappa shape index (κ2) is 8.65. The van der Waals surface area contributed by atoms with Gasteiger partial charge in [0.1, 0.15) is 0 Å².